The first-order chi connectivity index (χ1) is 17.4. The topological polar surface area (TPSA) is 149 Å². The summed E-state index contributed by atoms with van der Waals surface area (Å²) in [6.45, 7) is 6.78. The van der Waals surface area contributed by atoms with Gasteiger partial charge in [-0.05, 0) is 31.4 Å². The van der Waals surface area contributed by atoms with Crippen molar-refractivity contribution in [1.82, 2.24) is 10.2 Å². The van der Waals surface area contributed by atoms with E-state index in [1.54, 1.807) is 18.2 Å². The van der Waals surface area contributed by atoms with Gasteiger partial charge in [0.15, 0.2) is 0 Å². The maximum absolute atomic E-state index is 13.1. The molecule has 0 spiro atoms. The Kier molecular flexibility index (Phi) is 10.6. The number of carbonyl (C=O) groups excluding carboxylic acids is 4. The van der Waals surface area contributed by atoms with Crippen LogP contribution in [0.2, 0.25) is 0 Å². The number of nitrogens with two attached hydrogens (primary N) is 1. The molecule has 1 aromatic carbocycles. The van der Waals surface area contributed by atoms with Crippen LogP contribution in [0.25, 0.3) is 0 Å². The van der Waals surface area contributed by atoms with Crippen LogP contribution in [0.1, 0.15) is 46.4 Å². The number of nitrogens with one attached hydrogen (secondary N) is 2. The van der Waals surface area contributed by atoms with Gasteiger partial charge >= 0.3 is 0 Å². The Balaban J connectivity index is 1.34. The van der Waals surface area contributed by atoms with E-state index in [0.717, 1.165) is 4.90 Å². The van der Waals surface area contributed by atoms with Crippen LogP contribution in [-0.2, 0) is 23.8 Å². The van der Waals surface area contributed by atoms with Gasteiger partial charge in [0.1, 0.15) is 11.8 Å². The van der Waals surface area contributed by atoms with Gasteiger partial charge < -0.3 is 30.6 Å². The Morgan fingerprint density at radius 2 is 1.75 bits per heavy atom. The average Bonchev–Trinajstić information content (AvgIpc) is 3.12. The molecule has 11 nitrogen and oxygen atoms in total. The van der Waals surface area contributed by atoms with E-state index in [1.165, 1.54) is 0 Å². The lowest BCUT2D eigenvalue weighted by Crippen LogP contribution is -2.51. The van der Waals surface area contributed by atoms with Crippen molar-refractivity contribution in [2.45, 2.75) is 31.7 Å². The number of fused-ring (bicyclic) bond motifs is 1. The van der Waals surface area contributed by atoms with Crippen LogP contribution in [0.5, 0.6) is 0 Å². The zero-order valence-corrected chi connectivity index (χ0v) is 20.4. The summed E-state index contributed by atoms with van der Waals surface area (Å²) in [6.07, 6.45) is 1.96. The lowest BCUT2D eigenvalue weighted by molar-refractivity contribution is -0.125. The summed E-state index contributed by atoms with van der Waals surface area (Å²) in [5, 5.41) is 5.78. The highest BCUT2D eigenvalue weighted by molar-refractivity contribution is 6.25. The van der Waals surface area contributed by atoms with Crippen LogP contribution >= 0.6 is 0 Å². The Hall–Kier alpha value is -3.12. The summed E-state index contributed by atoms with van der Waals surface area (Å²) in [4.78, 5) is 50.5. The fourth-order valence-corrected chi connectivity index (χ4v) is 4.02. The minimum atomic E-state index is -0.843. The van der Waals surface area contributed by atoms with Crippen LogP contribution in [0.15, 0.2) is 30.5 Å². The van der Waals surface area contributed by atoms with Gasteiger partial charge in [-0.1, -0.05) is 12.6 Å². The number of hydrogen-bond acceptors (Lipinski definition) is 9. The van der Waals surface area contributed by atoms with E-state index in [1.807, 2.05) is 0 Å². The Labute approximate surface area is 210 Å². The summed E-state index contributed by atoms with van der Waals surface area (Å²) in [7, 11) is 0. The predicted molar refractivity (Wildman–Crippen MR) is 131 cm³/mol. The van der Waals surface area contributed by atoms with Gasteiger partial charge in [-0.15, -0.1) is 0 Å². The Morgan fingerprint density at radius 3 is 2.44 bits per heavy atom. The van der Waals surface area contributed by atoms with Gasteiger partial charge in [0.2, 0.25) is 5.91 Å². The highest BCUT2D eigenvalue weighted by atomic mass is 16.5. The number of amides is 3. The monoisotopic (exact) mass is 502 g/mol. The summed E-state index contributed by atoms with van der Waals surface area (Å²) in [6, 6.07) is 4.18. The van der Waals surface area contributed by atoms with Gasteiger partial charge in [-0.25, -0.2) is 0 Å². The SMILES string of the molecule is C=C1CCC(N2C(=O)c3cccc(NCCOCCOCCOCCCC(=O)CN)c3C2=O)C(=O)N1. The molecular formula is C25H34N4O7. The molecule has 2 aliphatic heterocycles. The molecule has 196 valence electrons. The van der Waals surface area contributed by atoms with Crippen molar-refractivity contribution < 1.29 is 33.4 Å². The average molecular weight is 503 g/mol. The van der Waals surface area contributed by atoms with Crippen LogP contribution in [0.3, 0.4) is 0 Å². The largest absolute Gasteiger partial charge is 0.382 e. The summed E-state index contributed by atoms with van der Waals surface area (Å²) >= 11 is 0. The molecule has 4 N–H and O–H groups in total. The molecule has 0 saturated carbocycles. The third-order valence-electron chi connectivity index (χ3n) is 5.86. The molecule has 1 aromatic rings. The molecule has 1 atom stereocenters. The molecule has 2 heterocycles. The summed E-state index contributed by atoms with van der Waals surface area (Å²) in [5.41, 5.74) is 6.91. The zero-order valence-electron chi connectivity index (χ0n) is 20.4. The number of nitrogens with zero attached hydrogens (tertiary/aromatic N) is 1. The van der Waals surface area contributed by atoms with Gasteiger partial charge in [-0.2, -0.15) is 0 Å². The minimum absolute atomic E-state index is 0.0283. The molecule has 1 unspecified atom stereocenters. The van der Waals surface area contributed by atoms with E-state index >= 15 is 0 Å². The fraction of sp³-hybridized carbons (Fsp3) is 0.520. The predicted octanol–water partition coefficient (Wildman–Crippen LogP) is 0.845. The highest BCUT2D eigenvalue weighted by Gasteiger charge is 2.44. The zero-order chi connectivity index (χ0) is 25.9. The van der Waals surface area contributed by atoms with Crippen molar-refractivity contribution in [3.05, 3.63) is 41.6 Å². The van der Waals surface area contributed by atoms with Crippen LogP contribution in [0, 0.1) is 0 Å². The van der Waals surface area contributed by atoms with Gasteiger partial charge in [0.05, 0.1) is 50.7 Å². The first-order valence-corrected chi connectivity index (χ1v) is 12.1. The van der Waals surface area contributed by atoms with Gasteiger partial charge in [-0.3, -0.25) is 24.1 Å². The molecular weight excluding hydrogens is 468 g/mol. The Bertz CT molecular complexity index is 981. The highest BCUT2D eigenvalue weighted by Crippen LogP contribution is 2.32. The number of hydrogen-bond donors (Lipinski definition) is 3. The molecule has 11 heteroatoms. The van der Waals surface area contributed by atoms with Crippen molar-refractivity contribution in [2.24, 2.45) is 5.73 Å². The molecule has 0 bridgehead atoms. The van der Waals surface area contributed by atoms with Crippen molar-refractivity contribution >= 4 is 29.2 Å². The first kappa shape index (κ1) is 27.5. The maximum atomic E-state index is 13.1. The summed E-state index contributed by atoms with van der Waals surface area (Å²) < 4.78 is 16.4. The van der Waals surface area contributed by atoms with E-state index in [-0.39, 0.29) is 23.5 Å². The first-order valence-electron chi connectivity index (χ1n) is 12.1. The van der Waals surface area contributed by atoms with Gasteiger partial charge in [0, 0.05) is 31.0 Å². The van der Waals surface area contributed by atoms with E-state index in [9.17, 15) is 19.2 Å². The van der Waals surface area contributed by atoms with E-state index in [4.69, 9.17) is 19.9 Å². The number of rotatable bonds is 16. The molecule has 0 radical (unpaired) electrons. The van der Waals surface area contributed by atoms with E-state index in [2.05, 4.69) is 17.2 Å². The quantitative estimate of drug-likeness (QED) is 0.221. The van der Waals surface area contributed by atoms with E-state index < -0.39 is 23.8 Å². The number of imide groups is 1. The smallest absolute Gasteiger partial charge is 0.264 e. The number of anilines is 1. The van der Waals surface area contributed by atoms with Crippen molar-refractivity contribution in [3.8, 4) is 0 Å². The molecule has 0 aromatic heterocycles. The normalized spacial score (nSPS) is 17.4. The Morgan fingerprint density at radius 1 is 1.06 bits per heavy atom. The molecule has 3 rings (SSSR count). The van der Waals surface area contributed by atoms with Crippen LogP contribution in [0.4, 0.5) is 5.69 Å². The maximum Gasteiger partial charge on any atom is 0.264 e. The third-order valence-corrected chi connectivity index (χ3v) is 5.86. The van der Waals surface area contributed by atoms with Crippen LogP contribution < -0.4 is 16.4 Å². The molecule has 1 fully saturated rings. The number of benzene rings is 1. The molecule has 1 saturated heterocycles. The summed E-state index contributed by atoms with van der Waals surface area (Å²) in [5.74, 6) is -1.31. The number of piperidine rings is 1. The molecule has 0 aliphatic carbocycles. The number of ketones is 1. The standard InChI is InChI=1S/C25H34N4O7/c1-17-7-8-21(23(31)28-17)29-24(32)19-5-2-6-20(22(19)25(29)33)27-9-11-35-13-15-36-14-12-34-10-3-4-18(30)16-26/h2,5-6,21,27H,1,3-4,7-16,26H2,(H,28,31). The fourth-order valence-electron chi connectivity index (χ4n) is 4.02. The number of ether oxygens (including phenoxy) is 3. The van der Waals surface area contributed by atoms with Crippen LogP contribution in [-0.4, -0.2) is 87.2 Å². The van der Waals surface area contributed by atoms with Crippen molar-refractivity contribution in [2.75, 3.05) is 58.0 Å². The molecule has 3 amide bonds. The second-order valence-electron chi connectivity index (χ2n) is 8.47. The minimum Gasteiger partial charge on any atom is -0.382 e. The van der Waals surface area contributed by atoms with Gasteiger partial charge in [0.25, 0.3) is 11.8 Å². The molecule has 36 heavy (non-hydrogen) atoms. The third kappa shape index (κ3) is 7.20. The van der Waals surface area contributed by atoms with E-state index in [0.29, 0.717) is 83.3 Å². The van der Waals surface area contributed by atoms with Crippen molar-refractivity contribution in [3.63, 3.8) is 0 Å². The number of carbonyl (C=O) groups is 4. The number of allylic oxidation sites excluding steroid dienone is 1. The second-order valence-corrected chi connectivity index (χ2v) is 8.47. The van der Waals surface area contributed by atoms with Crippen molar-refractivity contribution in [1.29, 1.82) is 0 Å². The lowest BCUT2D eigenvalue weighted by atomic mass is 10.0. The lowest BCUT2D eigenvalue weighted by Gasteiger charge is -2.29. The second kappa shape index (κ2) is 13.8. The molecule has 2 aliphatic rings. The number of Topliss-reactive ketones (excluding diaryl/α,β-unsaturated/α-hetero) is 1.